The smallest absolute Gasteiger partial charge is 0.133 e. The van der Waals surface area contributed by atoms with E-state index in [1.807, 2.05) is 32.0 Å². The van der Waals surface area contributed by atoms with Crippen molar-refractivity contribution in [2.45, 2.75) is 26.5 Å². The van der Waals surface area contributed by atoms with Gasteiger partial charge in [-0.3, -0.25) is 0 Å². The van der Waals surface area contributed by atoms with Crippen LogP contribution in [-0.4, -0.2) is 6.10 Å². The summed E-state index contributed by atoms with van der Waals surface area (Å²) in [5.41, 5.74) is 2.02. The second-order valence-electron chi connectivity index (χ2n) is 4.79. The number of nitrogens with one attached hydrogen (secondary N) is 1. The van der Waals surface area contributed by atoms with E-state index < -0.39 is 0 Å². The van der Waals surface area contributed by atoms with Crippen LogP contribution in [-0.2, 0) is 6.54 Å². The predicted molar refractivity (Wildman–Crippen MR) is 83.6 cm³/mol. The first-order valence-corrected chi connectivity index (χ1v) is 7.28. The van der Waals surface area contributed by atoms with E-state index in [4.69, 9.17) is 4.74 Å². The van der Waals surface area contributed by atoms with E-state index in [1.165, 1.54) is 12.1 Å². The van der Waals surface area contributed by atoms with Gasteiger partial charge in [0.05, 0.1) is 10.6 Å². The van der Waals surface area contributed by atoms with Crippen LogP contribution >= 0.6 is 15.9 Å². The lowest BCUT2D eigenvalue weighted by molar-refractivity contribution is 0.241. The lowest BCUT2D eigenvalue weighted by Gasteiger charge is -2.13. The molecule has 106 valence electrons. The van der Waals surface area contributed by atoms with Crippen molar-refractivity contribution < 1.29 is 9.13 Å². The molecule has 2 rings (SSSR count). The highest BCUT2D eigenvalue weighted by Crippen LogP contribution is 2.27. The Morgan fingerprint density at radius 3 is 2.45 bits per heavy atom. The molecule has 0 saturated heterocycles. The molecule has 0 saturated carbocycles. The van der Waals surface area contributed by atoms with Crippen LogP contribution in [0.4, 0.5) is 10.1 Å². The van der Waals surface area contributed by atoms with Crippen molar-refractivity contribution in [3.63, 3.8) is 0 Å². The Kier molecular flexibility index (Phi) is 5.01. The van der Waals surface area contributed by atoms with Gasteiger partial charge >= 0.3 is 0 Å². The Balaban J connectivity index is 1.99. The fourth-order valence-electron chi connectivity index (χ4n) is 1.78. The van der Waals surface area contributed by atoms with E-state index in [2.05, 4.69) is 21.2 Å². The van der Waals surface area contributed by atoms with Gasteiger partial charge in [0.1, 0.15) is 11.6 Å². The van der Waals surface area contributed by atoms with Gasteiger partial charge in [0, 0.05) is 12.2 Å². The molecule has 20 heavy (non-hydrogen) atoms. The average Bonchev–Trinajstić information content (AvgIpc) is 2.40. The van der Waals surface area contributed by atoms with Gasteiger partial charge in [-0.05, 0) is 71.7 Å². The van der Waals surface area contributed by atoms with Crippen LogP contribution in [0.3, 0.4) is 0 Å². The number of anilines is 1. The van der Waals surface area contributed by atoms with Crippen LogP contribution in [0.2, 0.25) is 0 Å². The maximum atomic E-state index is 12.8. The summed E-state index contributed by atoms with van der Waals surface area (Å²) in [6.07, 6.45) is 0.148. The largest absolute Gasteiger partial charge is 0.490 e. The molecule has 0 unspecified atom stereocenters. The van der Waals surface area contributed by atoms with Crippen molar-refractivity contribution in [2.24, 2.45) is 0 Å². The number of rotatable bonds is 5. The number of halogens is 2. The average molecular weight is 338 g/mol. The van der Waals surface area contributed by atoms with Gasteiger partial charge < -0.3 is 10.1 Å². The summed E-state index contributed by atoms with van der Waals surface area (Å²) >= 11 is 3.51. The third kappa shape index (κ3) is 4.23. The lowest BCUT2D eigenvalue weighted by atomic mass is 10.2. The fourth-order valence-corrected chi connectivity index (χ4v) is 2.30. The van der Waals surface area contributed by atoms with Crippen LogP contribution < -0.4 is 10.1 Å². The summed E-state index contributed by atoms with van der Waals surface area (Å²) in [6.45, 7) is 4.67. The molecule has 4 heteroatoms. The molecule has 2 nitrogen and oxygen atoms in total. The van der Waals surface area contributed by atoms with Gasteiger partial charge in [-0.2, -0.15) is 0 Å². The van der Waals surface area contributed by atoms with Crippen LogP contribution in [0.1, 0.15) is 19.4 Å². The summed E-state index contributed by atoms with van der Waals surface area (Å²) in [5.74, 6) is 0.610. The van der Waals surface area contributed by atoms with Crippen LogP contribution in [0, 0.1) is 5.82 Å². The van der Waals surface area contributed by atoms with Gasteiger partial charge in [-0.25, -0.2) is 4.39 Å². The topological polar surface area (TPSA) is 21.3 Å². The van der Waals surface area contributed by atoms with Gasteiger partial charge in [-0.15, -0.1) is 0 Å². The number of benzene rings is 2. The van der Waals surface area contributed by atoms with E-state index in [0.717, 1.165) is 21.5 Å². The summed E-state index contributed by atoms with van der Waals surface area (Å²) < 4.78 is 19.4. The maximum absolute atomic E-state index is 12.8. The van der Waals surface area contributed by atoms with E-state index in [0.29, 0.717) is 6.54 Å². The minimum atomic E-state index is -0.228. The third-order valence-electron chi connectivity index (χ3n) is 2.70. The Morgan fingerprint density at radius 2 is 1.85 bits per heavy atom. The quantitative estimate of drug-likeness (QED) is 0.829. The molecule has 0 aliphatic carbocycles. The first kappa shape index (κ1) is 14.9. The normalized spacial score (nSPS) is 10.7. The number of hydrogen-bond donors (Lipinski definition) is 1. The van der Waals surface area contributed by atoms with Crippen molar-refractivity contribution >= 4 is 21.6 Å². The molecular formula is C16H17BrFNO. The zero-order valence-corrected chi connectivity index (χ0v) is 13.1. The summed E-state index contributed by atoms with van der Waals surface area (Å²) in [4.78, 5) is 0. The molecule has 0 radical (unpaired) electrons. The molecule has 0 bridgehead atoms. The van der Waals surface area contributed by atoms with Crippen LogP contribution in [0.5, 0.6) is 5.75 Å². The molecule has 0 aliphatic heterocycles. The van der Waals surface area contributed by atoms with Crippen LogP contribution in [0.15, 0.2) is 46.9 Å². The molecule has 0 heterocycles. The van der Waals surface area contributed by atoms with E-state index >= 15 is 0 Å². The minimum absolute atomic E-state index is 0.148. The molecule has 0 spiro atoms. The zero-order chi connectivity index (χ0) is 14.5. The molecule has 0 amide bonds. The molecule has 2 aromatic rings. The molecule has 2 aromatic carbocycles. The zero-order valence-electron chi connectivity index (χ0n) is 11.5. The molecule has 0 aromatic heterocycles. The van der Waals surface area contributed by atoms with Crippen molar-refractivity contribution in [1.29, 1.82) is 0 Å². The maximum Gasteiger partial charge on any atom is 0.133 e. The Morgan fingerprint density at radius 1 is 1.15 bits per heavy atom. The summed E-state index contributed by atoms with van der Waals surface area (Å²) in [6, 6.07) is 12.3. The van der Waals surface area contributed by atoms with Gasteiger partial charge in [0.15, 0.2) is 0 Å². The number of ether oxygens (including phenoxy) is 1. The fraction of sp³-hybridized carbons (Fsp3) is 0.250. The first-order chi connectivity index (χ1) is 9.54. The van der Waals surface area contributed by atoms with E-state index in [9.17, 15) is 4.39 Å². The minimum Gasteiger partial charge on any atom is -0.490 e. The Bertz CT molecular complexity index is 569. The first-order valence-electron chi connectivity index (χ1n) is 6.49. The predicted octanol–water partition coefficient (Wildman–Crippen LogP) is 4.99. The van der Waals surface area contributed by atoms with Crippen molar-refractivity contribution in [1.82, 2.24) is 0 Å². The highest BCUT2D eigenvalue weighted by molar-refractivity contribution is 9.10. The van der Waals surface area contributed by atoms with Crippen molar-refractivity contribution in [3.8, 4) is 5.75 Å². The highest BCUT2D eigenvalue weighted by atomic mass is 79.9. The molecule has 0 aliphatic rings. The van der Waals surface area contributed by atoms with E-state index in [-0.39, 0.29) is 11.9 Å². The molecule has 0 fully saturated rings. The summed E-state index contributed by atoms with van der Waals surface area (Å²) in [7, 11) is 0. The lowest BCUT2D eigenvalue weighted by Crippen LogP contribution is -2.06. The monoisotopic (exact) mass is 337 g/mol. The van der Waals surface area contributed by atoms with Gasteiger partial charge in [0.2, 0.25) is 0 Å². The standard InChI is InChI=1S/C16H17BrFNO/c1-11(2)20-16-8-3-12(9-15(16)17)10-19-14-6-4-13(18)5-7-14/h3-9,11,19H,10H2,1-2H3. The molecular weight excluding hydrogens is 321 g/mol. The van der Waals surface area contributed by atoms with Crippen LogP contribution in [0.25, 0.3) is 0 Å². The second-order valence-corrected chi connectivity index (χ2v) is 5.65. The van der Waals surface area contributed by atoms with Gasteiger partial charge in [0.25, 0.3) is 0 Å². The second kappa shape index (κ2) is 6.75. The SMILES string of the molecule is CC(C)Oc1ccc(CNc2ccc(F)cc2)cc1Br. The molecule has 1 N–H and O–H groups in total. The third-order valence-corrected chi connectivity index (χ3v) is 3.32. The van der Waals surface area contributed by atoms with Crippen molar-refractivity contribution in [2.75, 3.05) is 5.32 Å². The van der Waals surface area contributed by atoms with E-state index in [1.54, 1.807) is 12.1 Å². The Hall–Kier alpha value is -1.55. The van der Waals surface area contributed by atoms with Gasteiger partial charge in [-0.1, -0.05) is 6.07 Å². The number of hydrogen-bond acceptors (Lipinski definition) is 2. The summed E-state index contributed by atoms with van der Waals surface area (Å²) in [5, 5.41) is 3.25. The molecule has 0 atom stereocenters. The highest BCUT2D eigenvalue weighted by Gasteiger charge is 2.04. The Labute approximate surface area is 127 Å². The van der Waals surface area contributed by atoms with Crippen molar-refractivity contribution in [3.05, 3.63) is 58.3 Å².